The van der Waals surface area contributed by atoms with Crippen LogP contribution in [0.4, 0.5) is 5.69 Å². The molecule has 1 heterocycles. The van der Waals surface area contributed by atoms with Crippen molar-refractivity contribution in [3.05, 3.63) is 29.3 Å². The molecule has 1 aliphatic rings. The third kappa shape index (κ3) is 3.14. The molecule has 0 fully saturated rings. The van der Waals surface area contributed by atoms with Gasteiger partial charge in [0.2, 0.25) is 0 Å². The molecule has 0 bridgehead atoms. The molecule has 0 aliphatic carbocycles. The highest BCUT2D eigenvalue weighted by Gasteiger charge is 2.24. The van der Waals surface area contributed by atoms with E-state index in [4.69, 9.17) is 0 Å². The highest BCUT2D eigenvalue weighted by atomic mass is 16.2. The molecule has 1 amide bonds. The summed E-state index contributed by atoms with van der Waals surface area (Å²) in [6.45, 7) is 10.3. The Labute approximate surface area is 122 Å². The summed E-state index contributed by atoms with van der Waals surface area (Å²) in [5.41, 5.74) is 3.21. The maximum Gasteiger partial charge on any atom is 0.254 e. The Kier molecular flexibility index (Phi) is 4.69. The zero-order valence-electron chi connectivity index (χ0n) is 13.1. The van der Waals surface area contributed by atoms with Gasteiger partial charge in [-0.1, -0.05) is 19.9 Å². The largest absolute Gasteiger partial charge is 0.385 e. The molecule has 1 aliphatic heterocycles. The maximum atomic E-state index is 12.9. The summed E-state index contributed by atoms with van der Waals surface area (Å²) in [6, 6.07) is 6.27. The van der Waals surface area contributed by atoms with E-state index < -0.39 is 0 Å². The maximum absolute atomic E-state index is 12.9. The molecule has 3 nitrogen and oxygen atoms in total. The lowest BCUT2D eigenvalue weighted by atomic mass is 9.96. The molecule has 2 rings (SSSR count). The van der Waals surface area contributed by atoms with Gasteiger partial charge in [0.1, 0.15) is 0 Å². The second kappa shape index (κ2) is 6.29. The van der Waals surface area contributed by atoms with Gasteiger partial charge in [0.05, 0.1) is 0 Å². The van der Waals surface area contributed by atoms with E-state index in [1.165, 1.54) is 5.56 Å². The Hall–Kier alpha value is -1.51. The van der Waals surface area contributed by atoms with Crippen LogP contribution >= 0.6 is 0 Å². The van der Waals surface area contributed by atoms with Gasteiger partial charge in [0.25, 0.3) is 5.91 Å². The van der Waals surface area contributed by atoms with Gasteiger partial charge in [0, 0.05) is 30.4 Å². The zero-order valence-corrected chi connectivity index (χ0v) is 13.1. The van der Waals surface area contributed by atoms with E-state index in [0.29, 0.717) is 5.92 Å². The van der Waals surface area contributed by atoms with Crippen molar-refractivity contribution < 1.29 is 4.79 Å². The van der Waals surface area contributed by atoms with E-state index in [-0.39, 0.29) is 11.9 Å². The molecule has 110 valence electrons. The number of anilines is 1. The van der Waals surface area contributed by atoms with Crippen LogP contribution in [-0.4, -0.2) is 29.9 Å². The van der Waals surface area contributed by atoms with Crippen LogP contribution < -0.4 is 5.32 Å². The number of fused-ring (bicyclic) bond motifs is 1. The van der Waals surface area contributed by atoms with Gasteiger partial charge in [-0.2, -0.15) is 0 Å². The van der Waals surface area contributed by atoms with Gasteiger partial charge in [-0.25, -0.2) is 0 Å². The van der Waals surface area contributed by atoms with E-state index in [9.17, 15) is 4.79 Å². The van der Waals surface area contributed by atoms with Crippen molar-refractivity contribution >= 4 is 11.6 Å². The number of hydrogen-bond acceptors (Lipinski definition) is 2. The van der Waals surface area contributed by atoms with Crippen LogP contribution in [0, 0.1) is 5.92 Å². The number of amides is 1. The van der Waals surface area contributed by atoms with Crippen LogP contribution in [0.15, 0.2) is 18.2 Å². The fourth-order valence-corrected chi connectivity index (χ4v) is 2.79. The molecule has 0 atom stereocenters. The van der Waals surface area contributed by atoms with Crippen LogP contribution in [0.1, 0.15) is 50.0 Å². The van der Waals surface area contributed by atoms with Crippen molar-refractivity contribution in [2.24, 2.45) is 5.92 Å². The summed E-state index contributed by atoms with van der Waals surface area (Å²) in [5.74, 6) is 0.660. The van der Waals surface area contributed by atoms with Gasteiger partial charge >= 0.3 is 0 Å². The van der Waals surface area contributed by atoms with Crippen LogP contribution in [0.2, 0.25) is 0 Å². The first-order chi connectivity index (χ1) is 9.50. The highest BCUT2D eigenvalue weighted by Crippen LogP contribution is 2.26. The lowest BCUT2D eigenvalue weighted by molar-refractivity contribution is 0.0681. The summed E-state index contributed by atoms with van der Waals surface area (Å²) in [6.07, 6.45) is 2.10. The standard InChI is InChI=1S/C17H26N2O/c1-12(2)11-19(13(3)4)17(20)15-7-5-9-16-14(15)8-6-10-18-16/h5,7,9,12-13,18H,6,8,10-11H2,1-4H3. The number of carbonyl (C=O) groups excluding carboxylic acids is 1. The third-order valence-electron chi connectivity index (χ3n) is 3.77. The second-order valence-corrected chi connectivity index (χ2v) is 6.31. The fourth-order valence-electron chi connectivity index (χ4n) is 2.79. The molecule has 0 aromatic heterocycles. The minimum absolute atomic E-state index is 0.175. The number of rotatable bonds is 4. The van der Waals surface area contributed by atoms with E-state index in [1.807, 2.05) is 17.0 Å². The molecule has 0 unspecified atom stereocenters. The number of nitrogens with one attached hydrogen (secondary N) is 1. The smallest absolute Gasteiger partial charge is 0.254 e. The van der Waals surface area contributed by atoms with E-state index in [1.54, 1.807) is 0 Å². The van der Waals surface area contributed by atoms with Crippen LogP contribution in [0.25, 0.3) is 0 Å². The summed E-state index contributed by atoms with van der Waals surface area (Å²) < 4.78 is 0. The van der Waals surface area contributed by atoms with Crippen LogP contribution in [0.5, 0.6) is 0 Å². The van der Waals surface area contributed by atoms with Crippen LogP contribution in [0.3, 0.4) is 0 Å². The normalized spacial score (nSPS) is 14.1. The van der Waals surface area contributed by atoms with Crippen molar-refractivity contribution in [1.82, 2.24) is 4.90 Å². The molecule has 3 heteroatoms. The van der Waals surface area contributed by atoms with Crippen molar-refractivity contribution in [2.45, 2.75) is 46.6 Å². The molecular weight excluding hydrogens is 248 g/mol. The number of nitrogens with zero attached hydrogens (tertiary/aromatic N) is 1. The van der Waals surface area contributed by atoms with E-state index >= 15 is 0 Å². The SMILES string of the molecule is CC(C)CN(C(=O)c1cccc2c1CCCN2)C(C)C. The first-order valence-corrected chi connectivity index (χ1v) is 7.67. The predicted molar refractivity (Wildman–Crippen MR) is 84.3 cm³/mol. The molecule has 0 spiro atoms. The van der Waals surface area contributed by atoms with Crippen molar-refractivity contribution in [3.8, 4) is 0 Å². The van der Waals surface area contributed by atoms with Gasteiger partial charge in [-0.15, -0.1) is 0 Å². The highest BCUT2D eigenvalue weighted by molar-refractivity contribution is 5.97. The lowest BCUT2D eigenvalue weighted by Gasteiger charge is -2.30. The molecular formula is C17H26N2O. The third-order valence-corrected chi connectivity index (χ3v) is 3.77. The molecule has 0 saturated heterocycles. The molecule has 1 aromatic carbocycles. The molecule has 1 N–H and O–H groups in total. The van der Waals surface area contributed by atoms with Gasteiger partial charge in [-0.05, 0) is 50.3 Å². The van der Waals surface area contributed by atoms with Crippen LogP contribution in [-0.2, 0) is 6.42 Å². The fraction of sp³-hybridized carbons (Fsp3) is 0.588. The quantitative estimate of drug-likeness (QED) is 0.910. The molecule has 20 heavy (non-hydrogen) atoms. The second-order valence-electron chi connectivity index (χ2n) is 6.31. The monoisotopic (exact) mass is 274 g/mol. The number of benzene rings is 1. The predicted octanol–water partition coefficient (Wildman–Crippen LogP) is 3.55. The van der Waals surface area contributed by atoms with Gasteiger partial charge in [-0.3, -0.25) is 4.79 Å². The number of hydrogen-bond donors (Lipinski definition) is 1. The lowest BCUT2D eigenvalue weighted by Crippen LogP contribution is -2.40. The average molecular weight is 274 g/mol. The summed E-state index contributed by atoms with van der Waals surface area (Å²) >= 11 is 0. The minimum atomic E-state index is 0.175. The van der Waals surface area contributed by atoms with E-state index in [0.717, 1.165) is 37.2 Å². The Morgan fingerprint density at radius 2 is 2.05 bits per heavy atom. The van der Waals surface area contributed by atoms with Gasteiger partial charge < -0.3 is 10.2 Å². The first-order valence-electron chi connectivity index (χ1n) is 7.67. The summed E-state index contributed by atoms with van der Waals surface area (Å²) in [5, 5.41) is 3.40. The average Bonchev–Trinajstić information content (AvgIpc) is 2.43. The Morgan fingerprint density at radius 1 is 1.30 bits per heavy atom. The van der Waals surface area contributed by atoms with Gasteiger partial charge in [0.15, 0.2) is 0 Å². The Bertz CT molecular complexity index is 480. The summed E-state index contributed by atoms with van der Waals surface area (Å²) in [4.78, 5) is 14.9. The zero-order chi connectivity index (χ0) is 14.7. The Morgan fingerprint density at radius 3 is 2.70 bits per heavy atom. The summed E-state index contributed by atoms with van der Waals surface area (Å²) in [7, 11) is 0. The van der Waals surface area contributed by atoms with E-state index in [2.05, 4.69) is 39.1 Å². The molecule has 0 saturated carbocycles. The van der Waals surface area contributed by atoms with Crippen molar-refractivity contribution in [2.75, 3.05) is 18.4 Å². The first kappa shape index (κ1) is 14.9. The minimum Gasteiger partial charge on any atom is -0.385 e. The topological polar surface area (TPSA) is 32.3 Å². The number of carbonyl (C=O) groups is 1. The molecule has 1 aromatic rings. The van der Waals surface area contributed by atoms with Crippen molar-refractivity contribution in [3.63, 3.8) is 0 Å². The Balaban J connectivity index is 2.32. The van der Waals surface area contributed by atoms with Crippen molar-refractivity contribution in [1.29, 1.82) is 0 Å². The molecule has 0 radical (unpaired) electrons.